The van der Waals surface area contributed by atoms with Gasteiger partial charge in [-0.15, -0.1) is 11.3 Å². The predicted molar refractivity (Wildman–Crippen MR) is 88.3 cm³/mol. The zero-order valence-corrected chi connectivity index (χ0v) is 14.0. The van der Waals surface area contributed by atoms with Crippen LogP contribution < -0.4 is 11.1 Å². The number of nitrogens with two attached hydrogens (primary N) is 1. The van der Waals surface area contributed by atoms with E-state index in [-0.39, 0.29) is 12.5 Å². The van der Waals surface area contributed by atoms with Crippen molar-refractivity contribution in [1.29, 1.82) is 0 Å². The van der Waals surface area contributed by atoms with Crippen LogP contribution in [0.15, 0.2) is 12.1 Å². The highest BCUT2D eigenvalue weighted by atomic mass is 32.1. The zero-order valence-electron chi connectivity index (χ0n) is 13.2. The molecule has 0 aliphatic carbocycles. The molecule has 0 aliphatic rings. The van der Waals surface area contributed by atoms with Gasteiger partial charge in [0.05, 0.1) is 12.2 Å². The Morgan fingerprint density at radius 2 is 2.05 bits per heavy atom. The van der Waals surface area contributed by atoms with E-state index in [1.807, 2.05) is 12.1 Å². The summed E-state index contributed by atoms with van der Waals surface area (Å²) in [7, 11) is 3.04. The number of rotatable bonds is 6. The molecule has 0 aromatic carbocycles. The molecule has 120 valence electrons. The molecule has 7 heteroatoms. The molecular formula is C15H21N3O3S. The van der Waals surface area contributed by atoms with E-state index in [0.717, 1.165) is 15.9 Å². The molecule has 6 nitrogen and oxygen atoms in total. The summed E-state index contributed by atoms with van der Waals surface area (Å²) in [6, 6.07) is 3.87. The van der Waals surface area contributed by atoms with Gasteiger partial charge < -0.3 is 20.5 Å². The van der Waals surface area contributed by atoms with Crippen molar-refractivity contribution < 1.29 is 14.3 Å². The summed E-state index contributed by atoms with van der Waals surface area (Å²) in [6.45, 7) is 4.41. The van der Waals surface area contributed by atoms with Crippen LogP contribution in [0, 0.1) is 0 Å². The minimum absolute atomic E-state index is 0.245. The zero-order chi connectivity index (χ0) is 16.3. The fourth-order valence-corrected chi connectivity index (χ4v) is 3.04. The van der Waals surface area contributed by atoms with Crippen LogP contribution in [-0.4, -0.2) is 37.9 Å². The third-order valence-corrected chi connectivity index (χ3v) is 4.48. The van der Waals surface area contributed by atoms with Crippen molar-refractivity contribution >= 4 is 33.1 Å². The second-order valence-electron chi connectivity index (χ2n) is 5.20. The molecule has 2 heterocycles. The molecule has 0 radical (unpaired) electrons. The Balaban J connectivity index is 2.24. The summed E-state index contributed by atoms with van der Waals surface area (Å²) in [5.41, 5.74) is 7.53. The Morgan fingerprint density at radius 3 is 2.64 bits per heavy atom. The largest absolute Gasteiger partial charge is 0.397 e. The lowest BCUT2D eigenvalue weighted by atomic mass is 10.1. The van der Waals surface area contributed by atoms with Crippen molar-refractivity contribution in [2.75, 3.05) is 26.5 Å². The van der Waals surface area contributed by atoms with Gasteiger partial charge in [0.1, 0.15) is 9.71 Å². The number of carbonyl (C=O) groups is 1. The summed E-state index contributed by atoms with van der Waals surface area (Å²) in [5.74, 6) is 0.0832. The van der Waals surface area contributed by atoms with E-state index in [1.54, 1.807) is 0 Å². The number of nitrogen functional groups attached to an aromatic ring is 1. The SMILES string of the molecule is COC(CNC(=O)c1sc2nc(C(C)C)ccc2c1N)OC. The lowest BCUT2D eigenvalue weighted by molar-refractivity contribution is -0.0974. The number of nitrogens with zero attached hydrogens (tertiary/aromatic N) is 1. The quantitative estimate of drug-likeness (QED) is 0.797. The molecule has 22 heavy (non-hydrogen) atoms. The number of hydrogen-bond donors (Lipinski definition) is 2. The van der Waals surface area contributed by atoms with E-state index in [9.17, 15) is 4.79 Å². The molecular weight excluding hydrogens is 302 g/mol. The van der Waals surface area contributed by atoms with Crippen molar-refractivity contribution in [3.8, 4) is 0 Å². The summed E-state index contributed by atoms with van der Waals surface area (Å²) in [4.78, 5) is 18.1. The van der Waals surface area contributed by atoms with Crippen LogP contribution in [0.25, 0.3) is 10.2 Å². The average molecular weight is 323 g/mol. The van der Waals surface area contributed by atoms with Gasteiger partial charge in [0.15, 0.2) is 6.29 Å². The first kappa shape index (κ1) is 16.7. The molecule has 2 aromatic heterocycles. The molecule has 1 amide bonds. The second kappa shape index (κ2) is 7.04. The number of pyridine rings is 1. The Labute approximate surface area is 133 Å². The fourth-order valence-electron chi connectivity index (χ4n) is 2.02. The maximum atomic E-state index is 12.3. The first-order valence-corrected chi connectivity index (χ1v) is 7.82. The van der Waals surface area contributed by atoms with Crippen molar-refractivity contribution in [2.24, 2.45) is 0 Å². The molecule has 0 aliphatic heterocycles. The summed E-state index contributed by atoms with van der Waals surface area (Å²) < 4.78 is 10.1. The monoisotopic (exact) mass is 323 g/mol. The van der Waals surface area contributed by atoms with E-state index in [0.29, 0.717) is 16.5 Å². The van der Waals surface area contributed by atoms with Crippen molar-refractivity contribution in [1.82, 2.24) is 10.3 Å². The molecule has 0 saturated carbocycles. The van der Waals surface area contributed by atoms with Crippen molar-refractivity contribution in [3.05, 3.63) is 22.7 Å². The minimum atomic E-state index is -0.481. The van der Waals surface area contributed by atoms with Gasteiger partial charge in [-0.1, -0.05) is 13.8 Å². The molecule has 3 N–H and O–H groups in total. The fraction of sp³-hybridized carbons (Fsp3) is 0.467. The molecule has 0 fully saturated rings. The van der Waals surface area contributed by atoms with Gasteiger partial charge in [-0.25, -0.2) is 4.98 Å². The minimum Gasteiger partial charge on any atom is -0.397 e. The number of amides is 1. The second-order valence-corrected chi connectivity index (χ2v) is 6.20. The number of ether oxygens (including phenoxy) is 2. The van der Waals surface area contributed by atoms with Crippen LogP contribution in [-0.2, 0) is 9.47 Å². The first-order chi connectivity index (χ1) is 10.5. The summed E-state index contributed by atoms with van der Waals surface area (Å²) in [5, 5.41) is 3.57. The summed E-state index contributed by atoms with van der Waals surface area (Å²) >= 11 is 1.30. The number of anilines is 1. The van der Waals surface area contributed by atoms with Crippen LogP contribution >= 0.6 is 11.3 Å². The number of aromatic nitrogens is 1. The van der Waals surface area contributed by atoms with Gasteiger partial charge in [-0.3, -0.25) is 4.79 Å². The Kier molecular flexibility index (Phi) is 5.33. The van der Waals surface area contributed by atoms with Gasteiger partial charge >= 0.3 is 0 Å². The van der Waals surface area contributed by atoms with E-state index < -0.39 is 6.29 Å². The standard InChI is InChI=1S/C15H21N3O3S/c1-8(2)10-6-5-9-12(16)13(22-15(9)18-10)14(19)17-7-11(20-3)21-4/h5-6,8,11H,7,16H2,1-4H3,(H,17,19). The van der Waals surface area contributed by atoms with Crippen LogP contribution in [0.1, 0.15) is 35.1 Å². The first-order valence-electron chi connectivity index (χ1n) is 7.00. The van der Waals surface area contributed by atoms with Crippen LogP contribution in [0.4, 0.5) is 5.69 Å². The number of fused-ring (bicyclic) bond motifs is 1. The number of methoxy groups -OCH3 is 2. The summed E-state index contributed by atoms with van der Waals surface area (Å²) in [6.07, 6.45) is -0.481. The van der Waals surface area contributed by atoms with Gasteiger partial charge in [0.25, 0.3) is 5.91 Å². The maximum Gasteiger partial charge on any atom is 0.263 e. The van der Waals surface area contributed by atoms with Gasteiger partial charge in [-0.2, -0.15) is 0 Å². The molecule has 0 saturated heterocycles. The van der Waals surface area contributed by atoms with Crippen molar-refractivity contribution in [2.45, 2.75) is 26.1 Å². The van der Waals surface area contributed by atoms with Crippen LogP contribution in [0.3, 0.4) is 0 Å². The molecule has 2 aromatic rings. The van der Waals surface area contributed by atoms with E-state index in [1.165, 1.54) is 25.6 Å². The molecule has 0 bridgehead atoms. The Morgan fingerprint density at radius 1 is 1.36 bits per heavy atom. The molecule has 0 atom stereocenters. The van der Waals surface area contributed by atoms with Gasteiger partial charge in [0.2, 0.25) is 0 Å². The van der Waals surface area contributed by atoms with E-state index in [2.05, 4.69) is 24.1 Å². The van der Waals surface area contributed by atoms with Crippen molar-refractivity contribution in [3.63, 3.8) is 0 Å². The predicted octanol–water partition coefficient (Wildman–Crippen LogP) is 2.35. The normalized spacial score (nSPS) is 11.5. The molecule has 2 rings (SSSR count). The lowest BCUT2D eigenvalue weighted by Crippen LogP contribution is -2.34. The Bertz CT molecular complexity index is 665. The lowest BCUT2D eigenvalue weighted by Gasteiger charge is -2.13. The van der Waals surface area contributed by atoms with E-state index in [4.69, 9.17) is 15.2 Å². The highest BCUT2D eigenvalue weighted by Gasteiger charge is 2.18. The average Bonchev–Trinajstić information content (AvgIpc) is 2.84. The Hall–Kier alpha value is -1.70. The maximum absolute atomic E-state index is 12.3. The van der Waals surface area contributed by atoms with Crippen LogP contribution in [0.5, 0.6) is 0 Å². The number of thiophene rings is 1. The topological polar surface area (TPSA) is 86.5 Å². The third-order valence-electron chi connectivity index (χ3n) is 3.37. The highest BCUT2D eigenvalue weighted by Crippen LogP contribution is 2.33. The van der Waals surface area contributed by atoms with E-state index >= 15 is 0 Å². The molecule has 0 spiro atoms. The third kappa shape index (κ3) is 3.37. The smallest absolute Gasteiger partial charge is 0.263 e. The number of carbonyl (C=O) groups excluding carboxylic acids is 1. The molecule has 0 unspecified atom stereocenters. The number of nitrogens with one attached hydrogen (secondary N) is 1. The highest BCUT2D eigenvalue weighted by molar-refractivity contribution is 7.21. The van der Waals surface area contributed by atoms with Gasteiger partial charge in [0, 0.05) is 25.3 Å². The number of hydrogen-bond acceptors (Lipinski definition) is 6. The van der Waals surface area contributed by atoms with Gasteiger partial charge in [-0.05, 0) is 18.1 Å². The van der Waals surface area contributed by atoms with Crippen LogP contribution in [0.2, 0.25) is 0 Å².